The zero-order valence-electron chi connectivity index (χ0n) is 13.5. The minimum absolute atomic E-state index is 0. The van der Waals surface area contributed by atoms with Gasteiger partial charge in [0.15, 0.2) is 0 Å². The van der Waals surface area contributed by atoms with E-state index in [4.69, 9.17) is 0 Å². The number of halogens is 2. The van der Waals surface area contributed by atoms with Gasteiger partial charge in [0.05, 0.1) is 0 Å². The first-order chi connectivity index (χ1) is 8.69. The van der Waals surface area contributed by atoms with Gasteiger partial charge in [0.2, 0.25) is 0 Å². The molecule has 2 unspecified atom stereocenters. The van der Waals surface area contributed by atoms with Crippen molar-refractivity contribution in [2.75, 3.05) is 0 Å². The average Bonchev–Trinajstić information content (AvgIpc) is 3.09. The third-order valence-corrected chi connectivity index (χ3v) is 3.73. The molecule has 2 aliphatic rings. The summed E-state index contributed by atoms with van der Waals surface area (Å²) in [7, 11) is 0. The predicted octanol–water partition coefficient (Wildman–Crippen LogP) is -0.551. The molecule has 0 aromatic rings. The van der Waals surface area contributed by atoms with Crippen LogP contribution in [0.4, 0.5) is 0 Å². The summed E-state index contributed by atoms with van der Waals surface area (Å²) in [6.45, 7) is 8.92. The second kappa shape index (κ2) is 15.5. The van der Waals surface area contributed by atoms with E-state index in [-0.39, 0.29) is 55.7 Å². The van der Waals surface area contributed by atoms with Crippen molar-refractivity contribution < 1.29 is 55.7 Å². The zero-order valence-corrected chi connectivity index (χ0v) is 18.3. The van der Waals surface area contributed by atoms with Gasteiger partial charge in [0.25, 0.3) is 0 Å². The molecular formula is C18H26Br2Ti. The van der Waals surface area contributed by atoms with Crippen LogP contribution < -0.4 is 34.0 Å². The van der Waals surface area contributed by atoms with E-state index in [0.29, 0.717) is 11.8 Å². The van der Waals surface area contributed by atoms with Crippen LogP contribution in [0.1, 0.15) is 53.4 Å². The third-order valence-electron chi connectivity index (χ3n) is 3.73. The van der Waals surface area contributed by atoms with Crippen molar-refractivity contribution in [2.24, 2.45) is 11.8 Å². The van der Waals surface area contributed by atoms with Crippen LogP contribution in [0.3, 0.4) is 0 Å². The molecule has 2 atom stereocenters. The van der Waals surface area contributed by atoms with E-state index < -0.39 is 0 Å². The third kappa shape index (κ3) is 10.1. The van der Waals surface area contributed by atoms with Crippen molar-refractivity contribution in [3.8, 4) is 0 Å². The molecule has 0 heterocycles. The largest absolute Gasteiger partial charge is 4.00 e. The molecular weight excluding hydrogens is 424 g/mol. The molecule has 0 aliphatic heterocycles. The Morgan fingerprint density at radius 1 is 0.857 bits per heavy atom. The van der Waals surface area contributed by atoms with Crippen LogP contribution >= 0.6 is 0 Å². The van der Waals surface area contributed by atoms with Crippen molar-refractivity contribution in [3.05, 3.63) is 47.6 Å². The van der Waals surface area contributed by atoms with Crippen LogP contribution in [-0.4, -0.2) is 0 Å². The summed E-state index contributed by atoms with van der Waals surface area (Å²) in [5, 5.41) is 0. The van der Waals surface area contributed by atoms with E-state index >= 15 is 0 Å². The topological polar surface area (TPSA) is 0 Å². The molecule has 0 N–H and O–H groups in total. The zero-order chi connectivity index (χ0) is 13.4. The van der Waals surface area contributed by atoms with Gasteiger partial charge < -0.3 is 34.0 Å². The summed E-state index contributed by atoms with van der Waals surface area (Å²) < 4.78 is 0. The average molecular weight is 450 g/mol. The van der Waals surface area contributed by atoms with Crippen molar-refractivity contribution >= 4 is 0 Å². The summed E-state index contributed by atoms with van der Waals surface area (Å²) in [4.78, 5) is 0. The summed E-state index contributed by atoms with van der Waals surface area (Å²) in [5.74, 6) is 1.42. The SMILES string of the molecule is CCC(C)C1=[C-]CC=C1.CCC(C)C1=[C-]CC=C1.[Br-].[Br-].[Ti+4]. The molecule has 0 fully saturated rings. The van der Waals surface area contributed by atoms with E-state index in [9.17, 15) is 0 Å². The number of hydrogen-bond acceptors (Lipinski definition) is 0. The van der Waals surface area contributed by atoms with E-state index in [1.807, 2.05) is 0 Å². The monoisotopic (exact) mass is 448 g/mol. The van der Waals surface area contributed by atoms with Crippen molar-refractivity contribution in [3.63, 3.8) is 0 Å². The van der Waals surface area contributed by atoms with Crippen LogP contribution in [-0.2, 0) is 21.7 Å². The molecule has 116 valence electrons. The first-order valence-electron chi connectivity index (χ1n) is 7.23. The fourth-order valence-electron chi connectivity index (χ4n) is 1.96. The Bertz CT molecular complexity index is 331. The normalized spacial score (nSPS) is 17.1. The van der Waals surface area contributed by atoms with Crippen molar-refractivity contribution in [1.82, 2.24) is 0 Å². The molecule has 0 bridgehead atoms. The summed E-state index contributed by atoms with van der Waals surface area (Å²) in [6.07, 6.45) is 19.9. The molecule has 3 heteroatoms. The van der Waals surface area contributed by atoms with Gasteiger partial charge in [-0.2, -0.15) is 12.2 Å². The Morgan fingerprint density at radius 2 is 1.19 bits per heavy atom. The fraction of sp³-hybridized carbons (Fsp3) is 0.556. The second-order valence-corrected chi connectivity index (χ2v) is 5.10. The first-order valence-corrected chi connectivity index (χ1v) is 7.23. The Morgan fingerprint density at radius 3 is 1.38 bits per heavy atom. The van der Waals surface area contributed by atoms with Gasteiger partial charge >= 0.3 is 21.7 Å². The molecule has 0 radical (unpaired) electrons. The second-order valence-electron chi connectivity index (χ2n) is 5.10. The van der Waals surface area contributed by atoms with E-state index in [0.717, 1.165) is 12.8 Å². The molecule has 2 rings (SSSR count). The molecule has 2 aliphatic carbocycles. The van der Waals surface area contributed by atoms with Crippen LogP contribution in [0.5, 0.6) is 0 Å². The molecule has 21 heavy (non-hydrogen) atoms. The summed E-state index contributed by atoms with van der Waals surface area (Å²) in [6, 6.07) is 0. The molecule has 0 saturated heterocycles. The number of hydrogen-bond donors (Lipinski definition) is 0. The van der Waals surface area contributed by atoms with Crippen LogP contribution in [0.15, 0.2) is 35.5 Å². The Labute approximate surface area is 167 Å². The van der Waals surface area contributed by atoms with E-state index in [1.165, 1.54) is 24.0 Å². The number of rotatable bonds is 4. The standard InChI is InChI=1S/2C9H13.2BrH.Ti/c2*1-3-8(2)9-6-4-5-7-9;;;/h2*4,6,8H,3,5H2,1-2H3;2*1H;/q2*-1;;;+4/p-2. The van der Waals surface area contributed by atoms with Crippen molar-refractivity contribution in [1.29, 1.82) is 0 Å². The van der Waals surface area contributed by atoms with Gasteiger partial charge in [-0.15, -0.1) is 12.8 Å². The number of allylic oxidation sites excluding steroid dienone is 8. The molecule has 0 amide bonds. The molecule has 0 spiro atoms. The maximum absolute atomic E-state index is 3.31. The predicted molar refractivity (Wildman–Crippen MR) is 79.9 cm³/mol. The Balaban J connectivity index is -0.000000270. The molecule has 0 saturated carbocycles. The van der Waals surface area contributed by atoms with E-state index in [1.54, 1.807) is 0 Å². The fourth-order valence-corrected chi connectivity index (χ4v) is 1.96. The molecule has 0 aromatic heterocycles. The first kappa shape index (κ1) is 26.5. The van der Waals surface area contributed by atoms with Gasteiger partial charge in [0.1, 0.15) is 0 Å². The van der Waals surface area contributed by atoms with Gasteiger partial charge in [-0.1, -0.05) is 52.4 Å². The van der Waals surface area contributed by atoms with Crippen LogP contribution in [0, 0.1) is 24.0 Å². The molecule has 0 aromatic carbocycles. The van der Waals surface area contributed by atoms with Crippen LogP contribution in [0.2, 0.25) is 0 Å². The smallest absolute Gasteiger partial charge is 1.00 e. The van der Waals surface area contributed by atoms with Gasteiger partial charge in [-0.25, -0.2) is 23.3 Å². The van der Waals surface area contributed by atoms with Gasteiger partial charge in [-0.05, 0) is 0 Å². The quantitative estimate of drug-likeness (QED) is 0.399. The maximum Gasteiger partial charge on any atom is 4.00 e. The summed E-state index contributed by atoms with van der Waals surface area (Å²) in [5.41, 5.74) is 2.80. The minimum Gasteiger partial charge on any atom is -1.00 e. The van der Waals surface area contributed by atoms with Gasteiger partial charge in [-0.3, -0.25) is 12.2 Å². The van der Waals surface area contributed by atoms with Gasteiger partial charge in [0, 0.05) is 0 Å². The Kier molecular flexibility index (Phi) is 19.6. The maximum atomic E-state index is 3.31. The molecule has 0 nitrogen and oxygen atoms in total. The summed E-state index contributed by atoms with van der Waals surface area (Å²) >= 11 is 0. The van der Waals surface area contributed by atoms with Crippen molar-refractivity contribution in [2.45, 2.75) is 53.4 Å². The van der Waals surface area contributed by atoms with E-state index in [2.05, 4.69) is 64.2 Å². The minimum atomic E-state index is 0. The Hall–Kier alpha value is 0.634. The van der Waals surface area contributed by atoms with Crippen LogP contribution in [0.25, 0.3) is 0 Å².